The van der Waals surface area contributed by atoms with Crippen LogP contribution in [0.25, 0.3) is 0 Å². The van der Waals surface area contributed by atoms with Gasteiger partial charge in [-0.2, -0.15) is 0 Å². The molecule has 0 bridgehead atoms. The molecule has 9 heteroatoms. The molecule has 0 fully saturated rings. The first-order valence-electron chi connectivity index (χ1n) is 9.69. The predicted molar refractivity (Wildman–Crippen MR) is 106 cm³/mol. The number of aliphatic hydroxyl groups excluding tert-OH is 2. The van der Waals surface area contributed by atoms with Gasteiger partial charge in [0.05, 0.1) is 13.2 Å². The molecule has 0 spiro atoms. The summed E-state index contributed by atoms with van der Waals surface area (Å²) in [6.07, 6.45) is 1.60. The largest absolute Gasteiger partial charge is 0.444 e. The fourth-order valence-electron chi connectivity index (χ4n) is 2.10. The van der Waals surface area contributed by atoms with E-state index < -0.39 is 29.1 Å². The first-order chi connectivity index (χ1) is 12.9. The molecule has 3 amide bonds. The van der Waals surface area contributed by atoms with Gasteiger partial charge in [0, 0.05) is 18.5 Å². The highest BCUT2D eigenvalue weighted by Crippen LogP contribution is 2.19. The van der Waals surface area contributed by atoms with Gasteiger partial charge in [0.1, 0.15) is 11.7 Å². The zero-order chi connectivity index (χ0) is 21.8. The quantitative estimate of drug-likeness (QED) is 0.304. The van der Waals surface area contributed by atoms with Gasteiger partial charge in [-0.1, -0.05) is 26.7 Å². The Hall–Kier alpha value is -1.87. The lowest BCUT2D eigenvalue weighted by Gasteiger charge is -2.26. The van der Waals surface area contributed by atoms with Crippen molar-refractivity contribution in [3.05, 3.63) is 0 Å². The standard InChI is InChI=1S/C19H37N3O6/c1-18(2,3)28-17(27)21-11-9-7-6-8-10-20-14(24)12-22-16(26)15(25)19(4,5)13-23/h15,23,25H,6-13H2,1-5H3,(H,20,24)(H,21,27)(H,22,26)/t15-/m0/s1. The molecule has 0 aliphatic heterocycles. The summed E-state index contributed by atoms with van der Waals surface area (Å²) in [4.78, 5) is 34.9. The number of carbonyl (C=O) groups is 3. The third kappa shape index (κ3) is 12.5. The van der Waals surface area contributed by atoms with Crippen molar-refractivity contribution in [1.82, 2.24) is 16.0 Å². The van der Waals surface area contributed by atoms with E-state index in [4.69, 9.17) is 9.84 Å². The van der Waals surface area contributed by atoms with Crippen LogP contribution in [0, 0.1) is 5.41 Å². The lowest BCUT2D eigenvalue weighted by Crippen LogP contribution is -2.48. The minimum absolute atomic E-state index is 0.225. The second-order valence-electron chi connectivity index (χ2n) is 8.46. The van der Waals surface area contributed by atoms with Gasteiger partial charge < -0.3 is 30.9 Å². The molecular formula is C19H37N3O6. The maximum Gasteiger partial charge on any atom is 0.407 e. The Balaban J connectivity index is 3.70. The Morgan fingerprint density at radius 1 is 0.893 bits per heavy atom. The number of amides is 3. The molecular weight excluding hydrogens is 366 g/mol. The zero-order valence-corrected chi connectivity index (χ0v) is 17.8. The van der Waals surface area contributed by atoms with Crippen LogP contribution in [0.5, 0.6) is 0 Å². The first-order valence-corrected chi connectivity index (χ1v) is 9.69. The number of alkyl carbamates (subject to hydrolysis) is 1. The normalized spacial score (nSPS) is 12.8. The molecule has 28 heavy (non-hydrogen) atoms. The molecule has 0 aliphatic carbocycles. The lowest BCUT2D eigenvalue weighted by molar-refractivity contribution is -0.138. The molecule has 0 saturated heterocycles. The Morgan fingerprint density at radius 2 is 1.43 bits per heavy atom. The number of hydrogen-bond donors (Lipinski definition) is 5. The van der Waals surface area contributed by atoms with Crippen LogP contribution in [-0.2, 0) is 14.3 Å². The number of nitrogens with one attached hydrogen (secondary N) is 3. The summed E-state index contributed by atoms with van der Waals surface area (Å²) in [7, 11) is 0. The number of rotatable bonds is 12. The molecule has 9 nitrogen and oxygen atoms in total. The van der Waals surface area contributed by atoms with Gasteiger partial charge in [-0.25, -0.2) is 4.79 Å². The third-order valence-corrected chi connectivity index (χ3v) is 3.91. The lowest BCUT2D eigenvalue weighted by atomic mass is 9.87. The summed E-state index contributed by atoms with van der Waals surface area (Å²) in [6, 6.07) is 0. The molecule has 5 N–H and O–H groups in total. The Morgan fingerprint density at radius 3 is 1.93 bits per heavy atom. The molecule has 0 radical (unpaired) electrons. The van der Waals surface area contributed by atoms with Crippen molar-refractivity contribution in [3.8, 4) is 0 Å². The van der Waals surface area contributed by atoms with Gasteiger partial charge in [0.2, 0.25) is 11.8 Å². The molecule has 0 unspecified atom stereocenters. The molecule has 0 aromatic rings. The fraction of sp³-hybridized carbons (Fsp3) is 0.842. The summed E-state index contributed by atoms with van der Waals surface area (Å²) >= 11 is 0. The van der Waals surface area contributed by atoms with E-state index in [2.05, 4.69) is 16.0 Å². The third-order valence-electron chi connectivity index (χ3n) is 3.91. The van der Waals surface area contributed by atoms with E-state index in [0.717, 1.165) is 25.7 Å². The van der Waals surface area contributed by atoms with E-state index in [-0.39, 0.29) is 19.1 Å². The monoisotopic (exact) mass is 403 g/mol. The van der Waals surface area contributed by atoms with E-state index in [9.17, 15) is 19.5 Å². The van der Waals surface area contributed by atoms with Crippen LogP contribution in [-0.4, -0.2) is 66.1 Å². The van der Waals surface area contributed by atoms with Crippen molar-refractivity contribution >= 4 is 17.9 Å². The summed E-state index contributed by atoms with van der Waals surface area (Å²) in [5.41, 5.74) is -1.48. The van der Waals surface area contributed by atoms with E-state index >= 15 is 0 Å². The van der Waals surface area contributed by atoms with Crippen molar-refractivity contribution in [1.29, 1.82) is 0 Å². The number of hydrogen-bond acceptors (Lipinski definition) is 6. The summed E-state index contributed by atoms with van der Waals surface area (Å²) in [5, 5.41) is 26.7. The van der Waals surface area contributed by atoms with Crippen molar-refractivity contribution in [3.63, 3.8) is 0 Å². The Bertz CT molecular complexity index is 502. The molecule has 0 saturated carbocycles. The van der Waals surface area contributed by atoms with Gasteiger partial charge in [-0.15, -0.1) is 0 Å². The molecule has 1 atom stereocenters. The summed E-state index contributed by atoms with van der Waals surface area (Å²) in [5.74, 6) is -1.03. The first kappa shape index (κ1) is 26.1. The van der Waals surface area contributed by atoms with Crippen LogP contribution >= 0.6 is 0 Å². The van der Waals surface area contributed by atoms with Crippen LogP contribution in [0.1, 0.15) is 60.3 Å². The van der Waals surface area contributed by atoms with Crippen molar-refractivity contribution < 1.29 is 29.3 Å². The summed E-state index contributed by atoms with van der Waals surface area (Å²) < 4.78 is 5.13. The average Bonchev–Trinajstić information content (AvgIpc) is 2.59. The topological polar surface area (TPSA) is 137 Å². The van der Waals surface area contributed by atoms with Gasteiger partial charge in [0.15, 0.2) is 0 Å². The van der Waals surface area contributed by atoms with Crippen LogP contribution in [0.4, 0.5) is 4.79 Å². The number of aliphatic hydroxyl groups is 2. The van der Waals surface area contributed by atoms with Crippen molar-refractivity contribution in [2.75, 3.05) is 26.2 Å². The van der Waals surface area contributed by atoms with Crippen LogP contribution < -0.4 is 16.0 Å². The minimum atomic E-state index is -1.39. The minimum Gasteiger partial charge on any atom is -0.444 e. The maximum absolute atomic E-state index is 11.8. The van der Waals surface area contributed by atoms with Crippen LogP contribution in [0.3, 0.4) is 0 Å². The number of ether oxygens (including phenoxy) is 1. The van der Waals surface area contributed by atoms with Gasteiger partial charge in [0.25, 0.3) is 0 Å². The average molecular weight is 404 g/mol. The highest BCUT2D eigenvalue weighted by molar-refractivity contribution is 5.87. The highest BCUT2D eigenvalue weighted by atomic mass is 16.6. The van der Waals surface area contributed by atoms with E-state index in [1.165, 1.54) is 0 Å². The van der Waals surface area contributed by atoms with E-state index in [0.29, 0.717) is 13.1 Å². The second-order valence-corrected chi connectivity index (χ2v) is 8.46. The molecule has 0 aromatic heterocycles. The maximum atomic E-state index is 11.8. The van der Waals surface area contributed by atoms with Gasteiger partial charge >= 0.3 is 6.09 Å². The van der Waals surface area contributed by atoms with Gasteiger partial charge in [-0.05, 0) is 33.6 Å². The van der Waals surface area contributed by atoms with Gasteiger partial charge in [-0.3, -0.25) is 9.59 Å². The Kier molecular flexibility index (Phi) is 11.7. The molecule has 0 aliphatic rings. The molecule has 164 valence electrons. The SMILES string of the molecule is CC(C)(C)OC(=O)NCCCCCCNC(=O)CNC(=O)[C@H](O)C(C)(C)CO. The molecule has 0 aromatic carbocycles. The smallest absolute Gasteiger partial charge is 0.407 e. The zero-order valence-electron chi connectivity index (χ0n) is 17.8. The van der Waals surface area contributed by atoms with Crippen LogP contribution in [0.2, 0.25) is 0 Å². The number of carbonyl (C=O) groups excluding carboxylic acids is 3. The van der Waals surface area contributed by atoms with E-state index in [1.54, 1.807) is 13.8 Å². The highest BCUT2D eigenvalue weighted by Gasteiger charge is 2.32. The second kappa shape index (κ2) is 12.6. The van der Waals surface area contributed by atoms with Crippen LogP contribution in [0.15, 0.2) is 0 Å². The van der Waals surface area contributed by atoms with Crippen molar-refractivity contribution in [2.24, 2.45) is 5.41 Å². The van der Waals surface area contributed by atoms with E-state index in [1.807, 2.05) is 20.8 Å². The number of unbranched alkanes of at least 4 members (excludes halogenated alkanes) is 3. The molecule has 0 heterocycles. The predicted octanol–water partition coefficient (Wildman–Crippen LogP) is 0.683. The van der Waals surface area contributed by atoms with Crippen molar-refractivity contribution in [2.45, 2.75) is 72.0 Å². The Labute approximate surface area is 167 Å². The summed E-state index contributed by atoms with van der Waals surface area (Å²) in [6.45, 7) is 9.00. The molecule has 0 rings (SSSR count). The fourth-order valence-corrected chi connectivity index (χ4v) is 2.10.